The minimum absolute atomic E-state index is 0.0286. The zero-order valence-electron chi connectivity index (χ0n) is 13.2. The maximum absolute atomic E-state index is 13.0. The first-order chi connectivity index (χ1) is 10.5. The van der Waals surface area contributed by atoms with Gasteiger partial charge in [-0.1, -0.05) is 40.9 Å². The van der Waals surface area contributed by atoms with Crippen LogP contribution in [0.25, 0.3) is 0 Å². The van der Waals surface area contributed by atoms with Gasteiger partial charge in [0.15, 0.2) is 10.6 Å². The summed E-state index contributed by atoms with van der Waals surface area (Å²) in [5, 5.41) is 0. The van der Waals surface area contributed by atoms with E-state index in [1.165, 1.54) is 19.1 Å². The van der Waals surface area contributed by atoms with E-state index in [-0.39, 0.29) is 16.5 Å². The molecule has 1 aliphatic rings. The molecular weight excluding hydrogens is 359 g/mol. The first-order valence-electron chi connectivity index (χ1n) is 6.98. The van der Waals surface area contributed by atoms with Crippen molar-refractivity contribution in [3.8, 4) is 0 Å². The van der Waals surface area contributed by atoms with Gasteiger partial charge in [0.25, 0.3) is 10.0 Å². The van der Waals surface area contributed by atoms with Crippen molar-refractivity contribution >= 4 is 44.8 Å². The fourth-order valence-corrected chi connectivity index (χ4v) is 4.93. The summed E-state index contributed by atoms with van der Waals surface area (Å²) in [4.78, 5) is 15.3. The van der Waals surface area contributed by atoms with E-state index in [4.69, 9.17) is 23.2 Å². The van der Waals surface area contributed by atoms with Crippen LogP contribution in [0.4, 0.5) is 0 Å². The molecule has 0 N–H and O–H groups in total. The van der Waals surface area contributed by atoms with E-state index in [0.29, 0.717) is 0 Å². The minimum Gasteiger partial charge on any atom is -0.298 e. The molecule has 1 unspecified atom stereocenters. The van der Waals surface area contributed by atoms with Crippen LogP contribution in [-0.2, 0) is 14.8 Å². The van der Waals surface area contributed by atoms with Crippen molar-refractivity contribution in [2.45, 2.75) is 49.0 Å². The Morgan fingerprint density at radius 3 is 2.22 bits per heavy atom. The van der Waals surface area contributed by atoms with Crippen LogP contribution in [0.15, 0.2) is 34.2 Å². The summed E-state index contributed by atoms with van der Waals surface area (Å²) in [7, 11) is -4.00. The lowest BCUT2D eigenvalue weighted by Crippen LogP contribution is -2.52. The number of aryl methyl sites for hydroxylation is 1. The number of hydrogen-bond donors (Lipinski definition) is 0. The molecule has 0 radical (unpaired) electrons. The Hall–Kier alpha value is -1.11. The third-order valence-corrected chi connectivity index (χ3v) is 5.86. The number of halogens is 2. The number of ketones is 1. The van der Waals surface area contributed by atoms with Gasteiger partial charge in [0.1, 0.15) is 11.9 Å². The molecule has 23 heavy (non-hydrogen) atoms. The molecular formula is C15H18Cl2N2O3S. The Bertz CT molecular complexity index is 755. The molecule has 8 heteroatoms. The Kier molecular flexibility index (Phi) is 4.81. The Morgan fingerprint density at radius 2 is 1.78 bits per heavy atom. The quantitative estimate of drug-likeness (QED) is 0.758. The number of hydrogen-bond acceptors (Lipinski definition) is 4. The number of sulfonamides is 1. The number of nitrogens with zero attached hydrogens (tertiary/aromatic N) is 2. The lowest BCUT2D eigenvalue weighted by molar-refractivity contribution is -0.120. The lowest BCUT2D eigenvalue weighted by atomic mass is 9.94. The minimum atomic E-state index is -4.00. The molecule has 0 bridgehead atoms. The summed E-state index contributed by atoms with van der Waals surface area (Å²) >= 11 is 11.8. The highest BCUT2D eigenvalue weighted by atomic mass is 35.5. The fraction of sp³-hybridized carbons (Fsp3) is 0.467. The van der Waals surface area contributed by atoms with Gasteiger partial charge in [0.05, 0.1) is 10.4 Å². The highest BCUT2D eigenvalue weighted by molar-refractivity contribution is 7.89. The number of carbonyl (C=O) groups is 1. The van der Waals surface area contributed by atoms with Gasteiger partial charge in [-0.15, -0.1) is 0 Å². The van der Waals surface area contributed by atoms with Crippen LogP contribution in [0.1, 0.15) is 26.3 Å². The van der Waals surface area contributed by atoms with Crippen LogP contribution in [0.2, 0.25) is 0 Å². The van der Waals surface area contributed by atoms with Gasteiger partial charge in [0.2, 0.25) is 0 Å². The molecule has 0 amide bonds. The molecule has 126 valence electrons. The molecule has 0 aromatic heterocycles. The third kappa shape index (κ3) is 3.25. The van der Waals surface area contributed by atoms with Crippen molar-refractivity contribution in [1.29, 1.82) is 0 Å². The Labute approximate surface area is 146 Å². The molecule has 0 spiro atoms. The zero-order valence-corrected chi connectivity index (χ0v) is 15.6. The zero-order chi connectivity index (χ0) is 17.6. The highest BCUT2D eigenvalue weighted by Gasteiger charge is 2.51. The summed E-state index contributed by atoms with van der Waals surface area (Å²) in [6, 6.07) is 5.37. The molecule has 0 saturated heterocycles. The smallest absolute Gasteiger partial charge is 0.266 e. The number of amidine groups is 1. The topological polar surface area (TPSA) is 66.8 Å². The summed E-state index contributed by atoms with van der Waals surface area (Å²) in [6.45, 7) is 6.55. The normalized spacial score (nSPS) is 20.7. The molecule has 1 aromatic carbocycles. The van der Waals surface area contributed by atoms with E-state index in [9.17, 15) is 13.2 Å². The van der Waals surface area contributed by atoms with Crippen molar-refractivity contribution in [3.05, 3.63) is 29.8 Å². The SMILES string of the molecule is CC(=O)C1N(S(=O)(=O)c2ccc(C)cc2)C(C(Cl)Cl)=NC1(C)C. The van der Waals surface area contributed by atoms with E-state index in [1.807, 2.05) is 6.92 Å². The molecule has 0 saturated carbocycles. The predicted molar refractivity (Wildman–Crippen MR) is 91.7 cm³/mol. The number of alkyl halides is 2. The third-order valence-electron chi connectivity index (χ3n) is 3.69. The van der Waals surface area contributed by atoms with E-state index in [1.54, 1.807) is 26.0 Å². The molecule has 2 rings (SSSR count). The van der Waals surface area contributed by atoms with E-state index < -0.39 is 26.4 Å². The van der Waals surface area contributed by atoms with Crippen molar-refractivity contribution in [1.82, 2.24) is 4.31 Å². The van der Waals surface area contributed by atoms with Gasteiger partial charge in [-0.2, -0.15) is 0 Å². The van der Waals surface area contributed by atoms with Gasteiger partial charge < -0.3 is 0 Å². The Balaban J connectivity index is 2.63. The van der Waals surface area contributed by atoms with Crippen LogP contribution >= 0.6 is 23.2 Å². The molecule has 0 aliphatic carbocycles. The van der Waals surface area contributed by atoms with E-state index in [0.717, 1.165) is 9.87 Å². The second-order valence-electron chi connectivity index (χ2n) is 6.05. The summed E-state index contributed by atoms with van der Waals surface area (Å²) in [5.74, 6) is -0.350. The van der Waals surface area contributed by atoms with Crippen molar-refractivity contribution in [2.75, 3.05) is 0 Å². The largest absolute Gasteiger partial charge is 0.298 e. The van der Waals surface area contributed by atoms with Gasteiger partial charge >= 0.3 is 0 Å². The monoisotopic (exact) mass is 376 g/mol. The summed E-state index contributed by atoms with van der Waals surface area (Å²) in [6.07, 6.45) is 0. The predicted octanol–water partition coefficient (Wildman–Crippen LogP) is 2.94. The Morgan fingerprint density at radius 1 is 1.26 bits per heavy atom. The molecule has 1 heterocycles. The summed E-state index contributed by atoms with van der Waals surface area (Å²) < 4.78 is 27.0. The first-order valence-corrected chi connectivity index (χ1v) is 9.29. The highest BCUT2D eigenvalue weighted by Crippen LogP contribution is 2.36. The van der Waals surface area contributed by atoms with E-state index >= 15 is 0 Å². The van der Waals surface area contributed by atoms with Crippen molar-refractivity contribution in [2.24, 2.45) is 4.99 Å². The van der Waals surface area contributed by atoms with Crippen LogP contribution in [-0.4, -0.2) is 40.8 Å². The molecule has 1 aliphatic heterocycles. The number of carbonyl (C=O) groups excluding carboxylic acids is 1. The molecule has 0 fully saturated rings. The maximum atomic E-state index is 13.0. The maximum Gasteiger partial charge on any atom is 0.266 e. The van der Waals surface area contributed by atoms with E-state index in [2.05, 4.69) is 4.99 Å². The fourth-order valence-electron chi connectivity index (χ4n) is 2.72. The van der Waals surface area contributed by atoms with Crippen molar-refractivity contribution < 1.29 is 13.2 Å². The number of benzene rings is 1. The molecule has 1 atom stereocenters. The molecule has 5 nitrogen and oxygen atoms in total. The average Bonchev–Trinajstić information content (AvgIpc) is 2.72. The molecule has 1 aromatic rings. The van der Waals surface area contributed by atoms with Crippen LogP contribution in [0, 0.1) is 6.92 Å². The van der Waals surface area contributed by atoms with Gasteiger partial charge in [0, 0.05) is 0 Å². The van der Waals surface area contributed by atoms with Crippen LogP contribution in [0.5, 0.6) is 0 Å². The average molecular weight is 377 g/mol. The summed E-state index contributed by atoms with van der Waals surface area (Å²) in [5.41, 5.74) is -0.0173. The lowest BCUT2D eigenvalue weighted by Gasteiger charge is -2.31. The standard InChI is InChI=1S/C15H18Cl2N2O3S/c1-9-5-7-11(8-6-9)23(21,22)19-12(10(2)20)15(3,4)18-14(19)13(16)17/h5-8,12-13H,1-4H3. The second-order valence-corrected chi connectivity index (χ2v) is 8.96. The van der Waals surface area contributed by atoms with Crippen LogP contribution in [0.3, 0.4) is 0 Å². The van der Waals surface area contributed by atoms with Gasteiger partial charge in [-0.05, 0) is 39.8 Å². The number of Topliss-reactive ketones (excluding diaryl/α,β-unsaturated/α-hetero) is 1. The second kappa shape index (κ2) is 6.07. The first kappa shape index (κ1) is 18.2. The van der Waals surface area contributed by atoms with Crippen LogP contribution < -0.4 is 0 Å². The van der Waals surface area contributed by atoms with Gasteiger partial charge in [-0.3, -0.25) is 9.79 Å². The number of aliphatic imine (C=N–C) groups is 1. The van der Waals surface area contributed by atoms with Crippen molar-refractivity contribution in [3.63, 3.8) is 0 Å². The number of rotatable bonds is 4. The van der Waals surface area contributed by atoms with Gasteiger partial charge in [-0.25, -0.2) is 12.7 Å².